The van der Waals surface area contributed by atoms with Crippen LogP contribution in [-0.4, -0.2) is 42.9 Å². The number of fused-ring (bicyclic) bond motifs is 1. The molecule has 1 amide bonds. The maximum atomic E-state index is 11.9. The van der Waals surface area contributed by atoms with E-state index in [-0.39, 0.29) is 18.6 Å². The number of imidazole rings is 1. The number of nitrogens with one attached hydrogen (secondary N) is 1. The van der Waals surface area contributed by atoms with Crippen molar-refractivity contribution in [2.75, 3.05) is 27.4 Å². The Kier molecular flexibility index (Phi) is 6.49. The molecule has 0 aliphatic heterocycles. The van der Waals surface area contributed by atoms with Crippen molar-refractivity contribution >= 4 is 16.9 Å². The summed E-state index contributed by atoms with van der Waals surface area (Å²) in [4.78, 5) is 16.6. The van der Waals surface area contributed by atoms with E-state index < -0.39 is 0 Å². The Labute approximate surface area is 164 Å². The molecule has 1 aromatic heterocycles. The molecule has 0 fully saturated rings. The zero-order valence-corrected chi connectivity index (χ0v) is 16.3. The Morgan fingerprint density at radius 3 is 2.54 bits per heavy atom. The molecule has 0 aliphatic rings. The van der Waals surface area contributed by atoms with E-state index in [4.69, 9.17) is 19.2 Å². The SMILES string of the molecule is COCC(=O)NC(C)c1nc2ccccc2n1CCOc1ccc(OC)cc1. The van der Waals surface area contributed by atoms with Crippen molar-refractivity contribution in [1.29, 1.82) is 0 Å². The summed E-state index contributed by atoms with van der Waals surface area (Å²) < 4.78 is 18.0. The van der Waals surface area contributed by atoms with Crippen LogP contribution in [0.1, 0.15) is 18.8 Å². The number of carbonyl (C=O) groups excluding carboxylic acids is 1. The molecule has 148 valence electrons. The van der Waals surface area contributed by atoms with E-state index in [0.717, 1.165) is 28.4 Å². The van der Waals surface area contributed by atoms with Gasteiger partial charge in [-0.1, -0.05) is 12.1 Å². The van der Waals surface area contributed by atoms with Gasteiger partial charge in [-0.15, -0.1) is 0 Å². The monoisotopic (exact) mass is 383 g/mol. The van der Waals surface area contributed by atoms with E-state index in [2.05, 4.69) is 9.88 Å². The van der Waals surface area contributed by atoms with Crippen LogP contribution in [-0.2, 0) is 16.1 Å². The van der Waals surface area contributed by atoms with Crippen LogP contribution in [0.3, 0.4) is 0 Å². The van der Waals surface area contributed by atoms with Crippen LogP contribution in [0.25, 0.3) is 11.0 Å². The minimum Gasteiger partial charge on any atom is -0.497 e. The first kappa shape index (κ1) is 19.7. The first-order valence-electron chi connectivity index (χ1n) is 9.12. The molecule has 0 saturated heterocycles. The van der Waals surface area contributed by atoms with E-state index in [9.17, 15) is 4.79 Å². The lowest BCUT2D eigenvalue weighted by Gasteiger charge is -2.16. The summed E-state index contributed by atoms with van der Waals surface area (Å²) in [5.41, 5.74) is 1.89. The average Bonchev–Trinajstić information content (AvgIpc) is 3.07. The summed E-state index contributed by atoms with van der Waals surface area (Å²) in [6.07, 6.45) is 0. The fourth-order valence-corrected chi connectivity index (χ4v) is 3.07. The van der Waals surface area contributed by atoms with Gasteiger partial charge in [0.25, 0.3) is 0 Å². The van der Waals surface area contributed by atoms with Gasteiger partial charge in [0.05, 0.1) is 30.7 Å². The van der Waals surface area contributed by atoms with Crippen molar-refractivity contribution in [3.8, 4) is 11.5 Å². The van der Waals surface area contributed by atoms with Gasteiger partial charge in [-0.2, -0.15) is 0 Å². The molecule has 1 unspecified atom stereocenters. The lowest BCUT2D eigenvalue weighted by molar-refractivity contribution is -0.125. The molecule has 0 saturated carbocycles. The molecule has 7 nitrogen and oxygen atoms in total. The number of nitrogens with zero attached hydrogens (tertiary/aromatic N) is 2. The van der Waals surface area contributed by atoms with E-state index in [1.54, 1.807) is 7.11 Å². The van der Waals surface area contributed by atoms with Crippen LogP contribution in [0.2, 0.25) is 0 Å². The highest BCUT2D eigenvalue weighted by Crippen LogP contribution is 2.22. The zero-order chi connectivity index (χ0) is 19.9. The third-order valence-electron chi connectivity index (χ3n) is 4.37. The largest absolute Gasteiger partial charge is 0.497 e. The summed E-state index contributed by atoms with van der Waals surface area (Å²) >= 11 is 0. The average molecular weight is 383 g/mol. The smallest absolute Gasteiger partial charge is 0.246 e. The van der Waals surface area contributed by atoms with Gasteiger partial charge < -0.3 is 24.1 Å². The molecule has 3 aromatic rings. The molecule has 1 heterocycles. The molecule has 3 rings (SSSR count). The molecule has 2 aromatic carbocycles. The standard InChI is InChI=1S/C21H25N3O4/c1-15(22-20(25)14-26-2)21-23-18-6-4-5-7-19(18)24(21)12-13-28-17-10-8-16(27-3)9-11-17/h4-11,15H,12-14H2,1-3H3,(H,22,25). The first-order chi connectivity index (χ1) is 13.6. The summed E-state index contributed by atoms with van der Waals surface area (Å²) in [5, 5.41) is 2.92. The number of hydrogen-bond acceptors (Lipinski definition) is 5. The summed E-state index contributed by atoms with van der Waals surface area (Å²) in [7, 11) is 3.13. The van der Waals surface area contributed by atoms with Gasteiger partial charge in [0, 0.05) is 7.11 Å². The third kappa shape index (κ3) is 4.61. The Morgan fingerprint density at radius 1 is 1.11 bits per heavy atom. The number of para-hydroxylation sites is 2. The van der Waals surface area contributed by atoms with E-state index in [0.29, 0.717) is 13.2 Å². The molecule has 0 bridgehead atoms. The Morgan fingerprint density at radius 2 is 1.82 bits per heavy atom. The highest BCUT2D eigenvalue weighted by atomic mass is 16.5. The van der Waals surface area contributed by atoms with E-state index in [1.807, 2.05) is 55.5 Å². The van der Waals surface area contributed by atoms with Crippen molar-refractivity contribution in [2.45, 2.75) is 19.5 Å². The molecule has 0 radical (unpaired) electrons. The quantitative estimate of drug-likeness (QED) is 0.615. The summed E-state index contributed by atoms with van der Waals surface area (Å²) in [6, 6.07) is 15.1. The van der Waals surface area contributed by atoms with Gasteiger partial charge in [0.1, 0.15) is 30.5 Å². The third-order valence-corrected chi connectivity index (χ3v) is 4.37. The fraction of sp³-hybridized carbons (Fsp3) is 0.333. The normalized spacial score (nSPS) is 12.0. The van der Waals surface area contributed by atoms with Gasteiger partial charge >= 0.3 is 0 Å². The van der Waals surface area contributed by atoms with Crippen molar-refractivity contribution in [3.63, 3.8) is 0 Å². The van der Waals surface area contributed by atoms with Crippen molar-refractivity contribution in [3.05, 3.63) is 54.4 Å². The number of methoxy groups -OCH3 is 2. The first-order valence-corrected chi connectivity index (χ1v) is 9.12. The van der Waals surface area contributed by atoms with Crippen molar-refractivity contribution in [1.82, 2.24) is 14.9 Å². The minimum atomic E-state index is -0.254. The lowest BCUT2D eigenvalue weighted by atomic mass is 10.3. The van der Waals surface area contributed by atoms with Gasteiger partial charge in [-0.25, -0.2) is 4.98 Å². The van der Waals surface area contributed by atoms with Crippen LogP contribution in [0, 0.1) is 0 Å². The van der Waals surface area contributed by atoms with Gasteiger partial charge in [-0.3, -0.25) is 4.79 Å². The number of amides is 1. The van der Waals surface area contributed by atoms with E-state index in [1.165, 1.54) is 7.11 Å². The predicted molar refractivity (Wildman–Crippen MR) is 107 cm³/mol. The highest BCUT2D eigenvalue weighted by molar-refractivity contribution is 5.78. The molecular weight excluding hydrogens is 358 g/mol. The molecule has 28 heavy (non-hydrogen) atoms. The maximum absolute atomic E-state index is 11.9. The van der Waals surface area contributed by atoms with E-state index >= 15 is 0 Å². The second-order valence-corrected chi connectivity index (χ2v) is 6.36. The number of carbonyl (C=O) groups is 1. The van der Waals surface area contributed by atoms with Gasteiger partial charge in [-0.05, 0) is 43.3 Å². The molecule has 7 heteroatoms. The number of aromatic nitrogens is 2. The highest BCUT2D eigenvalue weighted by Gasteiger charge is 2.18. The second-order valence-electron chi connectivity index (χ2n) is 6.36. The lowest BCUT2D eigenvalue weighted by Crippen LogP contribution is -2.31. The van der Waals surface area contributed by atoms with Crippen LogP contribution >= 0.6 is 0 Å². The second kappa shape index (κ2) is 9.23. The van der Waals surface area contributed by atoms with Crippen LogP contribution in [0.5, 0.6) is 11.5 Å². The Bertz CT molecular complexity index is 921. The molecular formula is C21H25N3O4. The summed E-state index contributed by atoms with van der Waals surface area (Å²) in [5.74, 6) is 2.16. The van der Waals surface area contributed by atoms with Gasteiger partial charge in [0.15, 0.2) is 0 Å². The minimum absolute atomic E-state index is 0.0190. The van der Waals surface area contributed by atoms with Crippen molar-refractivity contribution in [2.24, 2.45) is 0 Å². The van der Waals surface area contributed by atoms with Gasteiger partial charge in [0.2, 0.25) is 5.91 Å². The van der Waals surface area contributed by atoms with Crippen molar-refractivity contribution < 1.29 is 19.0 Å². The molecule has 0 aliphatic carbocycles. The summed E-state index contributed by atoms with van der Waals surface area (Å²) in [6.45, 7) is 3.01. The van der Waals surface area contributed by atoms with Crippen LogP contribution < -0.4 is 14.8 Å². The molecule has 1 N–H and O–H groups in total. The topological polar surface area (TPSA) is 74.6 Å². The number of ether oxygens (including phenoxy) is 3. The molecule has 0 spiro atoms. The Hall–Kier alpha value is -3.06. The molecule has 1 atom stereocenters. The number of hydrogen-bond donors (Lipinski definition) is 1. The van der Waals surface area contributed by atoms with Crippen LogP contribution in [0.4, 0.5) is 0 Å². The zero-order valence-electron chi connectivity index (χ0n) is 16.3. The van der Waals surface area contributed by atoms with Crippen LogP contribution in [0.15, 0.2) is 48.5 Å². The number of benzene rings is 2. The maximum Gasteiger partial charge on any atom is 0.246 e. The number of rotatable bonds is 9. The fourth-order valence-electron chi connectivity index (χ4n) is 3.07. The Balaban J connectivity index is 1.75. The predicted octanol–water partition coefficient (Wildman–Crippen LogP) is 2.95.